The Morgan fingerprint density at radius 1 is 0.625 bits per heavy atom. The molecule has 7 rings (SSSR count). The molecule has 32 heavy (non-hydrogen) atoms. The van der Waals surface area contributed by atoms with Gasteiger partial charge in [-0.25, -0.2) is 0 Å². The van der Waals surface area contributed by atoms with Crippen LogP contribution in [0, 0.1) is 0 Å². The van der Waals surface area contributed by atoms with Gasteiger partial charge in [-0.05, 0) is 47.3 Å². The number of hydrogen-bond acceptors (Lipinski definition) is 2. The van der Waals surface area contributed by atoms with E-state index in [4.69, 9.17) is 4.42 Å². The van der Waals surface area contributed by atoms with Crippen LogP contribution in [0.1, 0.15) is 0 Å². The maximum Gasteiger partial charge on any atom is 0.134 e. The Bertz CT molecular complexity index is 1770. The summed E-state index contributed by atoms with van der Waals surface area (Å²) in [7, 11) is 0. The van der Waals surface area contributed by atoms with E-state index in [1.54, 1.807) is 6.26 Å². The van der Waals surface area contributed by atoms with E-state index in [-0.39, 0.29) is 0 Å². The van der Waals surface area contributed by atoms with E-state index in [1.165, 1.54) is 27.2 Å². The van der Waals surface area contributed by atoms with Crippen LogP contribution in [-0.2, 0) is 0 Å². The van der Waals surface area contributed by atoms with Crippen LogP contribution in [-0.4, -0.2) is 9.55 Å². The van der Waals surface area contributed by atoms with Crippen molar-refractivity contribution in [3.8, 4) is 16.8 Å². The molecule has 0 aliphatic heterocycles. The minimum atomic E-state index is 0.916. The van der Waals surface area contributed by atoms with E-state index < -0.39 is 0 Å². The Balaban J connectivity index is 1.46. The highest BCUT2D eigenvalue weighted by Gasteiger charge is 2.14. The Labute approximate surface area is 184 Å². The summed E-state index contributed by atoms with van der Waals surface area (Å²) in [6.45, 7) is 0. The van der Waals surface area contributed by atoms with Gasteiger partial charge in [-0.1, -0.05) is 54.6 Å². The third kappa shape index (κ3) is 2.45. The van der Waals surface area contributed by atoms with Crippen molar-refractivity contribution in [2.75, 3.05) is 0 Å². The van der Waals surface area contributed by atoms with E-state index in [1.807, 2.05) is 18.5 Å². The molecular weight excluding hydrogens is 392 g/mol. The number of nitrogens with zero attached hydrogens (tertiary/aromatic N) is 2. The van der Waals surface area contributed by atoms with E-state index in [0.29, 0.717) is 0 Å². The highest BCUT2D eigenvalue weighted by molar-refractivity contribution is 6.13. The molecule has 0 atom stereocenters. The Morgan fingerprint density at radius 2 is 1.44 bits per heavy atom. The molecule has 0 saturated carbocycles. The van der Waals surface area contributed by atoms with Crippen molar-refractivity contribution in [1.82, 2.24) is 9.55 Å². The van der Waals surface area contributed by atoms with Crippen LogP contribution in [0.25, 0.3) is 60.4 Å². The van der Waals surface area contributed by atoms with Crippen LogP contribution >= 0.6 is 0 Å². The Hall–Kier alpha value is -4.37. The van der Waals surface area contributed by atoms with Gasteiger partial charge in [0, 0.05) is 45.2 Å². The number of aromatic nitrogens is 2. The predicted octanol–water partition coefficient (Wildman–Crippen LogP) is 7.75. The van der Waals surface area contributed by atoms with Crippen molar-refractivity contribution >= 4 is 43.5 Å². The zero-order chi connectivity index (χ0) is 21.1. The zero-order valence-electron chi connectivity index (χ0n) is 17.2. The van der Waals surface area contributed by atoms with Gasteiger partial charge in [0.2, 0.25) is 0 Å². The van der Waals surface area contributed by atoms with Crippen molar-refractivity contribution in [3.63, 3.8) is 0 Å². The van der Waals surface area contributed by atoms with Crippen LogP contribution in [0.4, 0.5) is 0 Å². The minimum Gasteiger partial charge on any atom is -0.464 e. The Morgan fingerprint density at radius 3 is 2.34 bits per heavy atom. The van der Waals surface area contributed by atoms with Crippen molar-refractivity contribution in [1.29, 1.82) is 0 Å². The SMILES string of the molecule is c1ccc2c(-c3ccc(-n4c5ccccc5c5cc6occc6cc54)cc3)cncc2c1. The molecule has 0 amide bonds. The molecule has 3 nitrogen and oxygen atoms in total. The lowest BCUT2D eigenvalue weighted by atomic mass is 10.0. The molecule has 150 valence electrons. The molecule has 3 heteroatoms. The van der Waals surface area contributed by atoms with Gasteiger partial charge in [0.25, 0.3) is 0 Å². The molecule has 4 aromatic carbocycles. The van der Waals surface area contributed by atoms with Gasteiger partial charge in [-0.15, -0.1) is 0 Å². The lowest BCUT2D eigenvalue weighted by Crippen LogP contribution is -1.94. The lowest BCUT2D eigenvalue weighted by Gasteiger charge is -2.10. The molecule has 0 fully saturated rings. The van der Waals surface area contributed by atoms with E-state index in [9.17, 15) is 0 Å². The molecule has 0 aliphatic rings. The monoisotopic (exact) mass is 410 g/mol. The molecule has 0 unspecified atom stereocenters. The van der Waals surface area contributed by atoms with Crippen LogP contribution in [0.2, 0.25) is 0 Å². The van der Waals surface area contributed by atoms with Gasteiger partial charge in [0.1, 0.15) is 5.58 Å². The second kappa shape index (κ2) is 6.56. The van der Waals surface area contributed by atoms with Crippen LogP contribution in [0.15, 0.2) is 114 Å². The summed E-state index contributed by atoms with van der Waals surface area (Å²) in [5.74, 6) is 0. The van der Waals surface area contributed by atoms with Crippen molar-refractivity contribution in [2.24, 2.45) is 0 Å². The first kappa shape index (κ1) is 17.3. The van der Waals surface area contributed by atoms with Gasteiger partial charge < -0.3 is 8.98 Å². The number of benzene rings is 4. The van der Waals surface area contributed by atoms with E-state index in [2.05, 4.69) is 94.5 Å². The standard InChI is InChI=1S/C29H18N2O/c1-2-6-23-21(5-1)17-30-18-26(23)19-9-11-22(12-10-19)31-27-8-4-3-7-24(27)25-16-29-20(13-14-32-29)15-28(25)31/h1-18H. The molecule has 7 aromatic rings. The molecule has 0 N–H and O–H groups in total. The number of pyridine rings is 1. The molecule has 3 aromatic heterocycles. The maximum atomic E-state index is 5.67. The lowest BCUT2D eigenvalue weighted by molar-refractivity contribution is 0.616. The predicted molar refractivity (Wildman–Crippen MR) is 131 cm³/mol. The maximum absolute atomic E-state index is 5.67. The van der Waals surface area contributed by atoms with E-state index >= 15 is 0 Å². The quantitative estimate of drug-likeness (QED) is 0.292. The first-order chi connectivity index (χ1) is 15.9. The summed E-state index contributed by atoms with van der Waals surface area (Å²) < 4.78 is 8.01. The zero-order valence-corrected chi connectivity index (χ0v) is 17.2. The highest BCUT2D eigenvalue weighted by atomic mass is 16.3. The molecule has 0 radical (unpaired) electrons. The third-order valence-corrected chi connectivity index (χ3v) is 6.35. The summed E-state index contributed by atoms with van der Waals surface area (Å²) in [6, 6.07) is 32.1. The van der Waals surface area contributed by atoms with Crippen LogP contribution in [0.3, 0.4) is 0 Å². The van der Waals surface area contributed by atoms with Gasteiger partial charge in [-0.2, -0.15) is 0 Å². The van der Waals surface area contributed by atoms with Gasteiger partial charge >= 0.3 is 0 Å². The molecule has 0 saturated heterocycles. The second-order valence-electron chi connectivity index (χ2n) is 8.14. The normalized spacial score (nSPS) is 11.8. The Kier molecular flexibility index (Phi) is 3.55. The van der Waals surface area contributed by atoms with Crippen molar-refractivity contribution < 1.29 is 4.42 Å². The first-order valence-electron chi connectivity index (χ1n) is 10.7. The van der Waals surface area contributed by atoms with Gasteiger partial charge in [0.05, 0.1) is 17.3 Å². The summed E-state index contributed by atoms with van der Waals surface area (Å²) >= 11 is 0. The number of hydrogen-bond donors (Lipinski definition) is 0. The van der Waals surface area contributed by atoms with E-state index in [0.717, 1.165) is 33.2 Å². The fourth-order valence-electron chi connectivity index (χ4n) is 4.84. The molecule has 3 heterocycles. The fraction of sp³-hybridized carbons (Fsp3) is 0. The number of para-hydroxylation sites is 1. The number of furan rings is 1. The summed E-state index contributed by atoms with van der Waals surface area (Å²) in [4.78, 5) is 4.45. The highest BCUT2D eigenvalue weighted by Crippen LogP contribution is 2.36. The second-order valence-corrected chi connectivity index (χ2v) is 8.14. The average Bonchev–Trinajstić information content (AvgIpc) is 3.44. The number of fused-ring (bicyclic) bond motifs is 5. The largest absolute Gasteiger partial charge is 0.464 e. The topological polar surface area (TPSA) is 31.0 Å². The summed E-state index contributed by atoms with van der Waals surface area (Å²) in [6.07, 6.45) is 5.62. The fourth-order valence-corrected chi connectivity index (χ4v) is 4.84. The third-order valence-electron chi connectivity index (χ3n) is 6.35. The summed E-state index contributed by atoms with van der Waals surface area (Å²) in [5, 5.41) is 5.91. The molecule has 0 aliphatic carbocycles. The minimum absolute atomic E-state index is 0.916. The van der Waals surface area contributed by atoms with Crippen molar-refractivity contribution in [3.05, 3.63) is 110 Å². The smallest absolute Gasteiger partial charge is 0.134 e. The number of rotatable bonds is 2. The summed E-state index contributed by atoms with van der Waals surface area (Å²) in [5.41, 5.74) is 6.73. The molecular formula is C29H18N2O. The first-order valence-corrected chi connectivity index (χ1v) is 10.7. The van der Waals surface area contributed by atoms with Crippen LogP contribution in [0.5, 0.6) is 0 Å². The van der Waals surface area contributed by atoms with Gasteiger partial charge in [0.15, 0.2) is 0 Å². The molecule has 0 spiro atoms. The van der Waals surface area contributed by atoms with Crippen molar-refractivity contribution in [2.45, 2.75) is 0 Å². The average molecular weight is 410 g/mol. The van der Waals surface area contributed by atoms with Gasteiger partial charge in [-0.3, -0.25) is 4.98 Å². The molecule has 0 bridgehead atoms. The van der Waals surface area contributed by atoms with Crippen LogP contribution < -0.4 is 0 Å².